The molecule has 2 aromatic rings. The van der Waals surface area contributed by atoms with Crippen LogP contribution in [0.15, 0.2) is 42.5 Å². The Morgan fingerprint density at radius 2 is 1.91 bits per heavy atom. The van der Waals surface area contributed by atoms with Gasteiger partial charge in [-0.25, -0.2) is 0 Å². The number of aryl methyl sites for hydroxylation is 1. The van der Waals surface area contributed by atoms with E-state index < -0.39 is 23.9 Å². The van der Waals surface area contributed by atoms with Crippen LogP contribution in [-0.2, 0) is 20.8 Å². The number of carbonyl (C=O) groups excluding carboxylic acids is 4. The monoisotopic (exact) mass is 622 g/mol. The molecule has 3 atom stereocenters. The minimum atomic E-state index is -1.13. The fourth-order valence-corrected chi connectivity index (χ4v) is 5.85. The number of fused-ring (bicyclic) bond motifs is 2. The molecule has 2 aliphatic rings. The zero-order valence-corrected chi connectivity index (χ0v) is 26.7. The average molecular weight is 623 g/mol. The second-order valence-electron chi connectivity index (χ2n) is 11.9. The Labute approximate surface area is 265 Å². The van der Waals surface area contributed by atoms with Gasteiger partial charge in [0, 0.05) is 13.1 Å². The minimum absolute atomic E-state index is 0.166. The Bertz CT molecular complexity index is 1350. The number of para-hydroxylation sites is 1. The third-order valence-corrected chi connectivity index (χ3v) is 8.02. The van der Waals surface area contributed by atoms with Crippen LogP contribution >= 0.6 is 0 Å². The van der Waals surface area contributed by atoms with E-state index in [9.17, 15) is 19.2 Å². The summed E-state index contributed by atoms with van der Waals surface area (Å²) in [7, 11) is 1.59. The molecule has 4 rings (SSSR count). The standard InChI is InChI=1S/C34H46N4O7/c1-5-44-29-15-14-23(19-30(29)43-4)10-8-16-35-33(41)26-20-31(39)38-17-9-12-27(38)34(42)36-24(18-22(2)3)21-45-28-13-7-6-11-25(28)32(40)37-26/h6-7,11,13-15,19,22,24,26-27H,5,8-10,12,16-18,20-21H2,1-4H3,(H,35,41)(H,36,42)(H,37,40)/t24-,26+,27+/m1/s1. The minimum Gasteiger partial charge on any atom is -0.493 e. The van der Waals surface area contributed by atoms with Gasteiger partial charge in [-0.1, -0.05) is 32.0 Å². The summed E-state index contributed by atoms with van der Waals surface area (Å²) in [6.07, 6.45) is 2.92. The van der Waals surface area contributed by atoms with Gasteiger partial charge in [-0.05, 0) is 74.8 Å². The number of rotatable bonds is 10. The van der Waals surface area contributed by atoms with E-state index in [1.54, 1.807) is 31.4 Å². The molecule has 2 aromatic carbocycles. The Balaban J connectivity index is 1.49. The summed E-state index contributed by atoms with van der Waals surface area (Å²) in [6.45, 7) is 7.48. The Morgan fingerprint density at radius 1 is 1.11 bits per heavy atom. The molecule has 4 amide bonds. The van der Waals surface area contributed by atoms with E-state index in [0.717, 1.165) is 5.56 Å². The number of ether oxygens (including phenoxy) is 3. The summed E-state index contributed by atoms with van der Waals surface area (Å²) in [5, 5.41) is 8.74. The van der Waals surface area contributed by atoms with Crippen molar-refractivity contribution in [3.05, 3.63) is 53.6 Å². The van der Waals surface area contributed by atoms with Gasteiger partial charge in [-0.15, -0.1) is 0 Å². The van der Waals surface area contributed by atoms with Gasteiger partial charge in [0.1, 0.15) is 24.4 Å². The van der Waals surface area contributed by atoms with Gasteiger partial charge in [-0.2, -0.15) is 0 Å². The van der Waals surface area contributed by atoms with E-state index in [0.29, 0.717) is 75.0 Å². The molecule has 45 heavy (non-hydrogen) atoms. The Morgan fingerprint density at radius 3 is 2.67 bits per heavy atom. The first-order valence-corrected chi connectivity index (χ1v) is 15.9. The number of benzene rings is 2. The van der Waals surface area contributed by atoms with Crippen LogP contribution < -0.4 is 30.2 Å². The van der Waals surface area contributed by atoms with Crippen molar-refractivity contribution in [2.24, 2.45) is 5.92 Å². The molecule has 2 heterocycles. The molecule has 11 nitrogen and oxygen atoms in total. The maximum atomic E-state index is 13.6. The molecule has 0 aromatic heterocycles. The van der Waals surface area contributed by atoms with Crippen LogP contribution in [0.4, 0.5) is 0 Å². The molecular formula is C34H46N4O7. The summed E-state index contributed by atoms with van der Waals surface area (Å²) < 4.78 is 17.1. The molecule has 0 aliphatic carbocycles. The number of nitrogens with one attached hydrogen (secondary N) is 3. The smallest absolute Gasteiger partial charge is 0.255 e. The molecule has 11 heteroatoms. The van der Waals surface area contributed by atoms with Crippen LogP contribution in [0.1, 0.15) is 68.8 Å². The van der Waals surface area contributed by atoms with Crippen LogP contribution in [0.2, 0.25) is 0 Å². The second kappa shape index (κ2) is 16.2. The van der Waals surface area contributed by atoms with Crippen LogP contribution in [0.3, 0.4) is 0 Å². The highest BCUT2D eigenvalue weighted by Crippen LogP contribution is 2.28. The summed E-state index contributed by atoms with van der Waals surface area (Å²) in [5.74, 6) is 0.393. The summed E-state index contributed by atoms with van der Waals surface area (Å²) in [6, 6.07) is 10.4. The van der Waals surface area contributed by atoms with E-state index in [4.69, 9.17) is 14.2 Å². The normalized spacial score (nSPS) is 20.7. The molecule has 244 valence electrons. The van der Waals surface area contributed by atoms with Gasteiger partial charge < -0.3 is 35.1 Å². The maximum Gasteiger partial charge on any atom is 0.255 e. The van der Waals surface area contributed by atoms with Crippen molar-refractivity contribution in [2.45, 2.75) is 77.4 Å². The van der Waals surface area contributed by atoms with Gasteiger partial charge in [0.05, 0.1) is 31.7 Å². The number of nitrogens with zero attached hydrogens (tertiary/aromatic N) is 1. The van der Waals surface area contributed by atoms with Crippen molar-refractivity contribution in [1.82, 2.24) is 20.9 Å². The molecule has 1 fully saturated rings. The van der Waals surface area contributed by atoms with E-state index in [1.807, 2.05) is 25.1 Å². The topological polar surface area (TPSA) is 135 Å². The number of amides is 4. The lowest BCUT2D eigenvalue weighted by molar-refractivity contribution is -0.140. The molecule has 0 spiro atoms. The van der Waals surface area contributed by atoms with Crippen LogP contribution in [-0.4, -0.2) is 80.1 Å². The second-order valence-corrected chi connectivity index (χ2v) is 11.9. The van der Waals surface area contributed by atoms with Gasteiger partial charge in [0.15, 0.2) is 11.5 Å². The van der Waals surface area contributed by atoms with Crippen molar-refractivity contribution in [3.63, 3.8) is 0 Å². The van der Waals surface area contributed by atoms with E-state index >= 15 is 0 Å². The lowest BCUT2D eigenvalue weighted by atomic mass is 10.0. The Kier molecular flexibility index (Phi) is 12.1. The fraction of sp³-hybridized carbons (Fsp3) is 0.529. The predicted octanol–water partition coefficient (Wildman–Crippen LogP) is 3.25. The molecule has 0 saturated carbocycles. The van der Waals surface area contributed by atoms with Crippen LogP contribution in [0.25, 0.3) is 0 Å². The van der Waals surface area contributed by atoms with Gasteiger partial charge in [0.2, 0.25) is 17.7 Å². The van der Waals surface area contributed by atoms with Crippen molar-refractivity contribution < 1.29 is 33.4 Å². The maximum absolute atomic E-state index is 13.6. The molecule has 0 bridgehead atoms. The largest absolute Gasteiger partial charge is 0.493 e. The number of methoxy groups -OCH3 is 1. The van der Waals surface area contributed by atoms with E-state index in [1.165, 1.54) is 4.90 Å². The molecule has 1 saturated heterocycles. The van der Waals surface area contributed by atoms with Gasteiger partial charge in [-0.3, -0.25) is 19.2 Å². The summed E-state index contributed by atoms with van der Waals surface area (Å²) >= 11 is 0. The first-order valence-electron chi connectivity index (χ1n) is 15.9. The molecule has 0 radical (unpaired) electrons. The SMILES string of the molecule is CCOc1ccc(CCCNC(=O)[C@@H]2CC(=O)N3CCC[C@H]3C(=O)N[C@H](CC(C)C)COc3ccccc3C(=O)N2)cc1OC. The highest BCUT2D eigenvalue weighted by molar-refractivity contribution is 6.01. The fourth-order valence-electron chi connectivity index (χ4n) is 5.85. The third kappa shape index (κ3) is 9.12. The summed E-state index contributed by atoms with van der Waals surface area (Å²) in [5.41, 5.74) is 1.27. The highest BCUT2D eigenvalue weighted by atomic mass is 16.5. The molecular weight excluding hydrogens is 576 g/mol. The van der Waals surface area contributed by atoms with Gasteiger partial charge >= 0.3 is 0 Å². The quantitative estimate of drug-likeness (QED) is 0.346. The summed E-state index contributed by atoms with van der Waals surface area (Å²) in [4.78, 5) is 55.4. The lowest BCUT2D eigenvalue weighted by Crippen LogP contribution is -2.53. The zero-order chi connectivity index (χ0) is 32.3. The molecule has 2 aliphatic heterocycles. The van der Waals surface area contributed by atoms with Crippen LogP contribution in [0.5, 0.6) is 17.2 Å². The number of hydrogen-bond donors (Lipinski definition) is 3. The van der Waals surface area contributed by atoms with Crippen molar-refractivity contribution in [1.29, 1.82) is 0 Å². The zero-order valence-electron chi connectivity index (χ0n) is 26.7. The van der Waals surface area contributed by atoms with Crippen molar-refractivity contribution in [2.75, 3.05) is 33.4 Å². The van der Waals surface area contributed by atoms with Crippen LogP contribution in [0, 0.1) is 5.92 Å². The Hall–Kier alpha value is -4.28. The first kappa shape index (κ1) is 33.6. The van der Waals surface area contributed by atoms with Gasteiger partial charge in [0.25, 0.3) is 5.91 Å². The lowest BCUT2D eigenvalue weighted by Gasteiger charge is -2.29. The van der Waals surface area contributed by atoms with Crippen molar-refractivity contribution >= 4 is 23.6 Å². The predicted molar refractivity (Wildman–Crippen MR) is 169 cm³/mol. The molecule has 3 N–H and O–H groups in total. The highest BCUT2D eigenvalue weighted by Gasteiger charge is 2.37. The van der Waals surface area contributed by atoms with Crippen molar-refractivity contribution in [3.8, 4) is 17.2 Å². The van der Waals surface area contributed by atoms with E-state index in [2.05, 4.69) is 29.8 Å². The number of carbonyl (C=O) groups is 4. The number of hydrogen-bond acceptors (Lipinski definition) is 7. The molecule has 0 unspecified atom stereocenters. The third-order valence-electron chi connectivity index (χ3n) is 8.02. The van der Waals surface area contributed by atoms with E-state index in [-0.39, 0.29) is 36.4 Å². The average Bonchev–Trinajstić information content (AvgIpc) is 3.52. The first-order chi connectivity index (χ1) is 21.7.